The van der Waals surface area contributed by atoms with Gasteiger partial charge in [0.1, 0.15) is 18.1 Å². The van der Waals surface area contributed by atoms with Crippen molar-refractivity contribution in [2.24, 2.45) is 0 Å². The van der Waals surface area contributed by atoms with Gasteiger partial charge in [-0.3, -0.25) is 4.79 Å². The molecule has 0 spiro atoms. The number of carbonyl (C=O) groups is 1. The summed E-state index contributed by atoms with van der Waals surface area (Å²) >= 11 is 0. The molecule has 1 N–H and O–H groups in total. The number of para-hydroxylation sites is 1. The molecule has 2 aromatic carbocycles. The van der Waals surface area contributed by atoms with Gasteiger partial charge in [0.15, 0.2) is 11.5 Å². The zero-order valence-electron chi connectivity index (χ0n) is 17.8. The van der Waals surface area contributed by atoms with E-state index in [1.54, 1.807) is 42.0 Å². The Morgan fingerprint density at radius 2 is 1.81 bits per heavy atom. The molecule has 0 unspecified atom stereocenters. The molecule has 2 aromatic heterocycles. The Kier molecular flexibility index (Phi) is 6.45. The Hall–Kier alpha value is -4.14. The van der Waals surface area contributed by atoms with E-state index >= 15 is 0 Å². The van der Waals surface area contributed by atoms with Crippen LogP contribution in [0.15, 0.2) is 60.7 Å². The SMILES string of the molecule is CCOc1ccccc1C(=O)NCCOc1ccc2nnc(-c3ccc(OC)cc3)n2n1. The van der Waals surface area contributed by atoms with Crippen molar-refractivity contribution in [1.29, 1.82) is 0 Å². The van der Waals surface area contributed by atoms with Crippen LogP contribution in [0.1, 0.15) is 17.3 Å². The first-order valence-corrected chi connectivity index (χ1v) is 10.2. The fraction of sp³-hybridized carbons (Fsp3) is 0.217. The van der Waals surface area contributed by atoms with Crippen molar-refractivity contribution < 1.29 is 19.0 Å². The molecule has 0 atom stereocenters. The van der Waals surface area contributed by atoms with Gasteiger partial charge in [0.05, 0.1) is 25.8 Å². The van der Waals surface area contributed by atoms with Crippen LogP contribution in [-0.4, -0.2) is 52.6 Å². The number of nitrogens with zero attached hydrogens (tertiary/aromatic N) is 4. The summed E-state index contributed by atoms with van der Waals surface area (Å²) in [6.07, 6.45) is 0. The second kappa shape index (κ2) is 9.78. The summed E-state index contributed by atoms with van der Waals surface area (Å²) in [6.45, 7) is 2.93. The summed E-state index contributed by atoms with van der Waals surface area (Å²) in [5, 5.41) is 15.7. The molecular formula is C23H23N5O4. The van der Waals surface area contributed by atoms with Gasteiger partial charge in [-0.05, 0) is 49.4 Å². The Balaban J connectivity index is 1.39. The molecule has 0 radical (unpaired) electrons. The molecule has 32 heavy (non-hydrogen) atoms. The highest BCUT2D eigenvalue weighted by Crippen LogP contribution is 2.22. The number of benzene rings is 2. The summed E-state index contributed by atoms with van der Waals surface area (Å²) < 4.78 is 18.0. The van der Waals surface area contributed by atoms with E-state index in [1.807, 2.05) is 37.3 Å². The van der Waals surface area contributed by atoms with Gasteiger partial charge in [-0.2, -0.15) is 4.52 Å². The highest BCUT2D eigenvalue weighted by Gasteiger charge is 2.12. The summed E-state index contributed by atoms with van der Waals surface area (Å²) in [5.41, 5.74) is 1.94. The normalized spacial score (nSPS) is 10.7. The van der Waals surface area contributed by atoms with Crippen molar-refractivity contribution in [2.75, 3.05) is 26.9 Å². The predicted molar refractivity (Wildman–Crippen MR) is 118 cm³/mol. The Morgan fingerprint density at radius 3 is 2.59 bits per heavy atom. The van der Waals surface area contributed by atoms with Crippen molar-refractivity contribution in [3.63, 3.8) is 0 Å². The molecule has 4 aromatic rings. The molecule has 0 aliphatic heterocycles. The van der Waals surface area contributed by atoms with Crippen LogP contribution in [0.4, 0.5) is 0 Å². The predicted octanol–water partition coefficient (Wildman–Crippen LogP) is 3.01. The van der Waals surface area contributed by atoms with Gasteiger partial charge in [0, 0.05) is 11.6 Å². The lowest BCUT2D eigenvalue weighted by atomic mass is 10.2. The van der Waals surface area contributed by atoms with Crippen molar-refractivity contribution in [2.45, 2.75) is 6.92 Å². The van der Waals surface area contributed by atoms with E-state index in [2.05, 4.69) is 20.6 Å². The Bertz CT molecular complexity index is 1210. The number of hydrogen-bond donors (Lipinski definition) is 1. The third kappa shape index (κ3) is 4.61. The van der Waals surface area contributed by atoms with E-state index < -0.39 is 0 Å². The zero-order chi connectivity index (χ0) is 22.3. The van der Waals surface area contributed by atoms with E-state index in [-0.39, 0.29) is 12.5 Å². The van der Waals surface area contributed by atoms with Gasteiger partial charge in [0.2, 0.25) is 5.88 Å². The van der Waals surface area contributed by atoms with Crippen LogP contribution >= 0.6 is 0 Å². The fourth-order valence-corrected chi connectivity index (χ4v) is 3.12. The average Bonchev–Trinajstić information content (AvgIpc) is 3.25. The minimum absolute atomic E-state index is 0.221. The first kappa shape index (κ1) is 21.1. The van der Waals surface area contributed by atoms with Gasteiger partial charge in [-0.25, -0.2) is 0 Å². The molecule has 0 saturated heterocycles. The molecule has 0 aliphatic carbocycles. The Labute approximate surface area is 185 Å². The quantitative estimate of drug-likeness (QED) is 0.405. The fourth-order valence-electron chi connectivity index (χ4n) is 3.12. The largest absolute Gasteiger partial charge is 0.497 e. The van der Waals surface area contributed by atoms with Crippen LogP contribution < -0.4 is 19.5 Å². The highest BCUT2D eigenvalue weighted by molar-refractivity contribution is 5.96. The monoisotopic (exact) mass is 433 g/mol. The van der Waals surface area contributed by atoms with Crippen LogP contribution in [0.3, 0.4) is 0 Å². The molecule has 1 amide bonds. The number of amides is 1. The van der Waals surface area contributed by atoms with Crippen molar-refractivity contribution >= 4 is 11.6 Å². The number of aromatic nitrogens is 4. The molecule has 9 heteroatoms. The van der Waals surface area contributed by atoms with Crippen LogP contribution in [0, 0.1) is 0 Å². The summed E-state index contributed by atoms with van der Waals surface area (Å²) in [5.74, 6) is 2.08. The van der Waals surface area contributed by atoms with Gasteiger partial charge in [-0.1, -0.05) is 12.1 Å². The molecule has 0 aliphatic rings. The lowest BCUT2D eigenvalue weighted by Crippen LogP contribution is -2.28. The maximum Gasteiger partial charge on any atom is 0.255 e. The third-order valence-corrected chi connectivity index (χ3v) is 4.66. The number of rotatable bonds is 9. The van der Waals surface area contributed by atoms with Gasteiger partial charge < -0.3 is 19.5 Å². The second-order valence-corrected chi connectivity index (χ2v) is 6.73. The molecule has 164 valence electrons. The second-order valence-electron chi connectivity index (χ2n) is 6.73. The van der Waals surface area contributed by atoms with Gasteiger partial charge >= 0.3 is 0 Å². The van der Waals surface area contributed by atoms with Crippen LogP contribution in [0.5, 0.6) is 17.4 Å². The minimum atomic E-state index is -0.221. The number of methoxy groups -OCH3 is 1. The molecule has 0 bridgehead atoms. The molecule has 0 fully saturated rings. The van der Waals surface area contributed by atoms with Crippen LogP contribution in [0.2, 0.25) is 0 Å². The maximum absolute atomic E-state index is 12.4. The van der Waals surface area contributed by atoms with E-state index in [9.17, 15) is 4.79 Å². The summed E-state index contributed by atoms with van der Waals surface area (Å²) in [7, 11) is 1.62. The van der Waals surface area contributed by atoms with Crippen molar-refractivity contribution in [3.8, 4) is 28.8 Å². The van der Waals surface area contributed by atoms with Crippen molar-refractivity contribution in [3.05, 3.63) is 66.2 Å². The number of hydrogen-bond acceptors (Lipinski definition) is 7. The molecule has 9 nitrogen and oxygen atoms in total. The van der Waals surface area contributed by atoms with Crippen LogP contribution in [-0.2, 0) is 0 Å². The minimum Gasteiger partial charge on any atom is -0.497 e. The molecule has 2 heterocycles. The smallest absolute Gasteiger partial charge is 0.255 e. The van der Waals surface area contributed by atoms with Crippen LogP contribution in [0.25, 0.3) is 17.0 Å². The molecular weight excluding hydrogens is 410 g/mol. The van der Waals surface area contributed by atoms with E-state index in [1.165, 1.54) is 0 Å². The first-order chi connectivity index (χ1) is 15.7. The van der Waals surface area contributed by atoms with Gasteiger partial charge in [-0.15, -0.1) is 15.3 Å². The number of ether oxygens (including phenoxy) is 3. The van der Waals surface area contributed by atoms with E-state index in [0.29, 0.717) is 41.8 Å². The standard InChI is InChI=1S/C23H23N5O4/c1-3-31-19-7-5-4-6-18(19)23(29)24-14-15-32-21-13-12-20-25-26-22(28(20)27-21)16-8-10-17(30-2)11-9-16/h4-13H,3,14-15H2,1-2H3,(H,24,29). The van der Waals surface area contributed by atoms with Gasteiger partial charge in [0.25, 0.3) is 5.91 Å². The number of fused-ring (bicyclic) bond motifs is 1. The highest BCUT2D eigenvalue weighted by atomic mass is 16.5. The average molecular weight is 433 g/mol. The molecule has 4 rings (SSSR count). The van der Waals surface area contributed by atoms with E-state index in [4.69, 9.17) is 14.2 Å². The number of carbonyl (C=O) groups excluding carboxylic acids is 1. The van der Waals surface area contributed by atoms with Crippen molar-refractivity contribution in [1.82, 2.24) is 25.1 Å². The van der Waals surface area contributed by atoms with E-state index in [0.717, 1.165) is 11.3 Å². The number of nitrogens with one attached hydrogen (secondary N) is 1. The topological polar surface area (TPSA) is 99.9 Å². The third-order valence-electron chi connectivity index (χ3n) is 4.66. The summed E-state index contributed by atoms with van der Waals surface area (Å²) in [4.78, 5) is 12.4. The first-order valence-electron chi connectivity index (χ1n) is 10.2. The molecule has 0 saturated carbocycles. The summed E-state index contributed by atoms with van der Waals surface area (Å²) in [6, 6.07) is 18.1. The lowest BCUT2D eigenvalue weighted by Gasteiger charge is -2.11. The Morgan fingerprint density at radius 1 is 1.00 bits per heavy atom. The zero-order valence-corrected chi connectivity index (χ0v) is 17.8. The maximum atomic E-state index is 12.4. The lowest BCUT2D eigenvalue weighted by molar-refractivity contribution is 0.0942.